The van der Waals surface area contributed by atoms with Gasteiger partial charge in [-0.25, -0.2) is 9.97 Å². The van der Waals surface area contributed by atoms with Crippen LogP contribution in [0.3, 0.4) is 0 Å². The molecule has 1 saturated heterocycles. The first-order chi connectivity index (χ1) is 13.4. The lowest BCUT2D eigenvalue weighted by atomic mass is 9.89. The van der Waals surface area contributed by atoms with E-state index < -0.39 is 0 Å². The van der Waals surface area contributed by atoms with E-state index in [2.05, 4.69) is 62.3 Å². The van der Waals surface area contributed by atoms with Crippen LogP contribution in [0.15, 0.2) is 30.3 Å². The molecule has 0 bridgehead atoms. The number of aromatic nitrogens is 2. The van der Waals surface area contributed by atoms with Crippen LogP contribution in [0.1, 0.15) is 62.4 Å². The Kier molecular flexibility index (Phi) is 6.68. The second-order valence-corrected chi connectivity index (χ2v) is 8.74. The van der Waals surface area contributed by atoms with Crippen molar-refractivity contribution in [2.45, 2.75) is 58.7 Å². The van der Waals surface area contributed by atoms with Gasteiger partial charge in [0.15, 0.2) is 0 Å². The molecule has 2 unspecified atom stereocenters. The second kappa shape index (κ2) is 9.01. The highest BCUT2D eigenvalue weighted by Crippen LogP contribution is 2.34. The molecule has 5 nitrogen and oxygen atoms in total. The highest BCUT2D eigenvalue weighted by molar-refractivity contribution is 5.37. The van der Waals surface area contributed by atoms with Crippen molar-refractivity contribution < 1.29 is 9.47 Å². The van der Waals surface area contributed by atoms with Crippen molar-refractivity contribution in [2.24, 2.45) is 5.92 Å². The third kappa shape index (κ3) is 5.30. The zero-order valence-electron chi connectivity index (χ0n) is 17.8. The molecule has 2 heterocycles. The highest BCUT2D eigenvalue weighted by atomic mass is 16.5. The van der Waals surface area contributed by atoms with Gasteiger partial charge in [-0.1, -0.05) is 50.6 Å². The molecule has 1 aromatic heterocycles. The van der Waals surface area contributed by atoms with Crippen LogP contribution in [-0.4, -0.2) is 30.2 Å². The topological polar surface area (TPSA) is 56.3 Å². The Balaban J connectivity index is 1.75. The van der Waals surface area contributed by atoms with Crippen molar-refractivity contribution in [1.82, 2.24) is 9.97 Å². The second-order valence-electron chi connectivity index (χ2n) is 8.74. The summed E-state index contributed by atoms with van der Waals surface area (Å²) in [5, 5.41) is 3.55. The molecule has 0 amide bonds. The van der Waals surface area contributed by atoms with Gasteiger partial charge in [0.25, 0.3) is 0 Å². The van der Waals surface area contributed by atoms with Gasteiger partial charge in [-0.05, 0) is 25.3 Å². The van der Waals surface area contributed by atoms with Crippen LogP contribution in [0.2, 0.25) is 0 Å². The number of hydrogen-bond donors (Lipinski definition) is 1. The Morgan fingerprint density at radius 2 is 1.93 bits per heavy atom. The van der Waals surface area contributed by atoms with Crippen LogP contribution in [0.4, 0.5) is 5.82 Å². The number of nitrogens with zero attached hydrogens (tertiary/aromatic N) is 2. The summed E-state index contributed by atoms with van der Waals surface area (Å²) >= 11 is 0. The molecule has 1 fully saturated rings. The van der Waals surface area contributed by atoms with Crippen molar-refractivity contribution in [3.63, 3.8) is 0 Å². The Hall–Kier alpha value is -1.98. The molecule has 0 saturated carbocycles. The summed E-state index contributed by atoms with van der Waals surface area (Å²) in [7, 11) is 1.69. The number of benzene rings is 1. The lowest BCUT2D eigenvalue weighted by Gasteiger charge is -2.32. The van der Waals surface area contributed by atoms with Gasteiger partial charge in [0.2, 0.25) is 0 Å². The van der Waals surface area contributed by atoms with Crippen molar-refractivity contribution in [3.8, 4) is 0 Å². The van der Waals surface area contributed by atoms with Crippen LogP contribution in [0.25, 0.3) is 0 Å². The van der Waals surface area contributed by atoms with Gasteiger partial charge < -0.3 is 14.8 Å². The number of ether oxygens (including phenoxy) is 2. The molecular formula is C23H33N3O2. The number of rotatable bonds is 6. The Morgan fingerprint density at radius 1 is 1.18 bits per heavy atom. The zero-order valence-corrected chi connectivity index (χ0v) is 17.8. The first-order valence-electron chi connectivity index (χ1n) is 10.2. The van der Waals surface area contributed by atoms with Crippen molar-refractivity contribution in [2.75, 3.05) is 25.6 Å². The molecule has 1 aliphatic heterocycles. The highest BCUT2D eigenvalue weighted by Gasteiger charge is 2.27. The summed E-state index contributed by atoms with van der Waals surface area (Å²) in [5.74, 6) is 2.11. The van der Waals surface area contributed by atoms with E-state index in [-0.39, 0.29) is 11.5 Å². The fraction of sp³-hybridized carbons (Fsp3) is 0.565. The fourth-order valence-corrected chi connectivity index (χ4v) is 3.56. The summed E-state index contributed by atoms with van der Waals surface area (Å²) in [6.45, 7) is 10.6. The van der Waals surface area contributed by atoms with Crippen molar-refractivity contribution in [3.05, 3.63) is 53.0 Å². The lowest BCUT2D eigenvalue weighted by molar-refractivity contribution is -0.0238. The molecule has 1 N–H and O–H groups in total. The van der Waals surface area contributed by atoms with Crippen molar-refractivity contribution >= 4 is 5.82 Å². The average Bonchev–Trinajstić information content (AvgIpc) is 2.67. The maximum atomic E-state index is 6.15. The molecule has 0 aliphatic carbocycles. The summed E-state index contributed by atoms with van der Waals surface area (Å²) in [6.07, 6.45) is 2.37. The van der Waals surface area contributed by atoms with E-state index in [1.165, 1.54) is 11.1 Å². The molecule has 2 aromatic rings. The summed E-state index contributed by atoms with van der Waals surface area (Å²) in [5.41, 5.74) is 3.32. The van der Waals surface area contributed by atoms with Gasteiger partial charge in [-0.2, -0.15) is 0 Å². The standard InChI is InChI=1S/C23H33N3O2/c1-16-8-10-17(11-9-16)21-18(7-6-12-28-21)14-24-20-13-19(15-27-5)25-22(26-20)23(2,3)4/h8-11,13,18,21H,6-7,12,14-15H2,1-5H3,(H,24,25,26). The zero-order chi connectivity index (χ0) is 20.1. The van der Waals surface area contributed by atoms with Crippen LogP contribution in [0.5, 0.6) is 0 Å². The van der Waals surface area contributed by atoms with E-state index in [1.54, 1.807) is 7.11 Å². The van der Waals surface area contributed by atoms with Gasteiger partial charge in [0, 0.05) is 37.7 Å². The maximum absolute atomic E-state index is 6.15. The summed E-state index contributed by atoms with van der Waals surface area (Å²) < 4.78 is 11.4. The monoisotopic (exact) mass is 383 g/mol. The smallest absolute Gasteiger partial charge is 0.136 e. The van der Waals surface area contributed by atoms with E-state index in [0.29, 0.717) is 12.5 Å². The number of anilines is 1. The minimum atomic E-state index is -0.113. The minimum Gasteiger partial charge on any atom is -0.378 e. The Bertz CT molecular complexity index is 768. The predicted molar refractivity (Wildman–Crippen MR) is 113 cm³/mol. The molecule has 0 radical (unpaired) electrons. The van der Waals surface area contributed by atoms with Crippen LogP contribution in [0, 0.1) is 12.8 Å². The van der Waals surface area contributed by atoms with Crippen LogP contribution in [-0.2, 0) is 21.5 Å². The first kappa shape index (κ1) is 20.7. The minimum absolute atomic E-state index is 0.113. The van der Waals surface area contributed by atoms with Gasteiger partial charge in [0.1, 0.15) is 11.6 Å². The van der Waals surface area contributed by atoms with E-state index in [1.807, 2.05) is 6.07 Å². The molecule has 3 rings (SSSR count). The van der Waals surface area contributed by atoms with E-state index >= 15 is 0 Å². The molecule has 5 heteroatoms. The van der Waals surface area contributed by atoms with E-state index in [4.69, 9.17) is 14.5 Å². The molecule has 1 aliphatic rings. The first-order valence-corrected chi connectivity index (χ1v) is 10.2. The van der Waals surface area contributed by atoms with E-state index in [9.17, 15) is 0 Å². The SMILES string of the molecule is COCc1cc(NCC2CCCOC2c2ccc(C)cc2)nc(C(C)(C)C)n1. The molecule has 0 spiro atoms. The van der Waals surface area contributed by atoms with Crippen LogP contribution >= 0.6 is 0 Å². The normalized spacial score (nSPS) is 20.2. The van der Waals surface area contributed by atoms with Gasteiger partial charge in [-0.3, -0.25) is 0 Å². The van der Waals surface area contributed by atoms with Crippen LogP contribution < -0.4 is 5.32 Å². The lowest BCUT2D eigenvalue weighted by Crippen LogP contribution is -2.29. The number of methoxy groups -OCH3 is 1. The molecule has 2 atom stereocenters. The van der Waals surface area contributed by atoms with Gasteiger partial charge in [-0.15, -0.1) is 0 Å². The van der Waals surface area contributed by atoms with E-state index in [0.717, 1.165) is 43.3 Å². The van der Waals surface area contributed by atoms with Crippen molar-refractivity contribution in [1.29, 1.82) is 0 Å². The molecule has 1 aromatic carbocycles. The number of nitrogens with one attached hydrogen (secondary N) is 1. The Labute approximate surface area is 168 Å². The third-order valence-corrected chi connectivity index (χ3v) is 5.14. The fourth-order valence-electron chi connectivity index (χ4n) is 3.56. The summed E-state index contributed by atoms with van der Waals surface area (Å²) in [6, 6.07) is 10.7. The predicted octanol–water partition coefficient (Wildman–Crippen LogP) is 4.81. The maximum Gasteiger partial charge on any atom is 0.136 e. The largest absolute Gasteiger partial charge is 0.378 e. The third-order valence-electron chi connectivity index (χ3n) is 5.14. The van der Waals surface area contributed by atoms with Gasteiger partial charge in [0.05, 0.1) is 18.4 Å². The molecule has 28 heavy (non-hydrogen) atoms. The average molecular weight is 384 g/mol. The quantitative estimate of drug-likeness (QED) is 0.776. The van der Waals surface area contributed by atoms with Gasteiger partial charge >= 0.3 is 0 Å². The molecular weight excluding hydrogens is 350 g/mol. The summed E-state index contributed by atoms with van der Waals surface area (Å²) in [4.78, 5) is 9.42. The Morgan fingerprint density at radius 3 is 2.61 bits per heavy atom. The number of hydrogen-bond acceptors (Lipinski definition) is 5. The molecule has 152 valence electrons. The number of aryl methyl sites for hydroxylation is 1.